The van der Waals surface area contributed by atoms with E-state index in [-0.39, 0.29) is 17.7 Å². The first-order chi connectivity index (χ1) is 15.8. The smallest absolute Gasteiger partial charge is 0.465 e. The van der Waals surface area contributed by atoms with Crippen molar-refractivity contribution in [2.75, 3.05) is 6.54 Å². The van der Waals surface area contributed by atoms with Gasteiger partial charge in [-0.2, -0.15) is 0 Å². The van der Waals surface area contributed by atoms with Crippen molar-refractivity contribution in [2.45, 2.75) is 45.6 Å². The molecule has 2 atom stereocenters. The number of fused-ring (bicyclic) bond motifs is 1. The molecule has 0 spiro atoms. The van der Waals surface area contributed by atoms with E-state index in [4.69, 9.17) is 0 Å². The van der Waals surface area contributed by atoms with Gasteiger partial charge in [-0.1, -0.05) is 44.2 Å². The van der Waals surface area contributed by atoms with Gasteiger partial charge < -0.3 is 14.7 Å². The van der Waals surface area contributed by atoms with Gasteiger partial charge in [0.1, 0.15) is 11.3 Å². The van der Waals surface area contributed by atoms with Crippen LogP contribution in [0.5, 0.6) is 5.75 Å². The molecule has 1 aromatic heterocycles. The molecule has 0 radical (unpaired) electrons. The first kappa shape index (κ1) is 23.5. The number of ether oxygens (including phenoxy) is 1. The van der Waals surface area contributed by atoms with E-state index in [1.165, 1.54) is 33.8 Å². The number of likely N-dealkylation sites (tertiary alicyclic amines) is 1. The van der Waals surface area contributed by atoms with Crippen LogP contribution < -0.4 is 10.3 Å². The quantitative estimate of drug-likeness (QED) is 0.589. The monoisotopic (exact) mass is 476 g/mol. The third-order valence-electron chi connectivity index (χ3n) is 5.92. The van der Waals surface area contributed by atoms with Gasteiger partial charge in [-0.3, -0.25) is 4.79 Å². The largest absolute Gasteiger partial charge is 0.573 e. The fourth-order valence-electron chi connectivity index (χ4n) is 4.59. The molecule has 0 bridgehead atoms. The summed E-state index contributed by atoms with van der Waals surface area (Å²) in [6.07, 6.45) is -5.41. The molecule has 0 aliphatic carbocycles. The summed E-state index contributed by atoms with van der Waals surface area (Å²) in [6, 6.07) is 9.29. The lowest BCUT2D eigenvalue weighted by atomic mass is 9.82. The zero-order chi connectivity index (χ0) is 24.8. The molecule has 180 valence electrons. The molecule has 1 aliphatic heterocycles. The van der Waals surface area contributed by atoms with Crippen molar-refractivity contribution < 1.29 is 27.8 Å². The summed E-state index contributed by atoms with van der Waals surface area (Å²) in [6.45, 7) is 6.02. The van der Waals surface area contributed by atoms with Gasteiger partial charge in [-0.15, -0.1) is 18.3 Å². The van der Waals surface area contributed by atoms with Crippen LogP contribution in [0.25, 0.3) is 22.0 Å². The van der Waals surface area contributed by atoms with Gasteiger partial charge in [0, 0.05) is 6.54 Å². The zero-order valence-corrected chi connectivity index (χ0v) is 18.7. The standard InChI is InChI=1S/C23H23F3N4O4/c1-22(2,3)19-18(10-11-29(19)21(32)33)30-20(31)16-12-14(6-9-17(16)27-28-30)13-4-7-15(8-5-13)34-23(24,25)26/h4-9,12,18-19H,10-11H2,1-3H3,(H,32,33). The van der Waals surface area contributed by atoms with Gasteiger partial charge in [-0.25, -0.2) is 9.48 Å². The number of hydrogen-bond acceptors (Lipinski definition) is 5. The molecular weight excluding hydrogens is 453 g/mol. The minimum Gasteiger partial charge on any atom is -0.465 e. The minimum absolute atomic E-state index is 0.278. The van der Waals surface area contributed by atoms with Crippen molar-refractivity contribution in [3.8, 4) is 16.9 Å². The average Bonchev–Trinajstić information content (AvgIpc) is 3.19. The van der Waals surface area contributed by atoms with Crippen molar-refractivity contribution in [1.82, 2.24) is 19.9 Å². The average molecular weight is 476 g/mol. The molecular formula is C23H23F3N4O4. The second-order valence-corrected chi connectivity index (χ2v) is 9.29. The second kappa shape index (κ2) is 8.30. The van der Waals surface area contributed by atoms with Crippen LogP contribution in [0.2, 0.25) is 0 Å². The Hall–Kier alpha value is -3.63. The van der Waals surface area contributed by atoms with Gasteiger partial charge in [0.2, 0.25) is 0 Å². The Balaban J connectivity index is 1.73. The molecule has 1 aliphatic rings. The van der Waals surface area contributed by atoms with Crippen molar-refractivity contribution >= 4 is 17.0 Å². The highest BCUT2D eigenvalue weighted by atomic mass is 19.4. The van der Waals surface area contributed by atoms with Crippen LogP contribution in [0.1, 0.15) is 33.2 Å². The molecule has 1 amide bonds. The maximum absolute atomic E-state index is 13.4. The number of aromatic nitrogens is 3. The van der Waals surface area contributed by atoms with E-state index in [1.807, 2.05) is 20.8 Å². The number of alkyl halides is 3. The SMILES string of the molecule is CC(C)(C)C1C(n2nnc3ccc(-c4ccc(OC(F)(F)F)cc4)cc3c2=O)CCN1C(=O)O. The summed E-state index contributed by atoms with van der Waals surface area (Å²) in [5.74, 6) is -0.345. The molecule has 4 rings (SSSR count). The van der Waals surface area contributed by atoms with E-state index >= 15 is 0 Å². The minimum atomic E-state index is -4.78. The molecule has 1 fully saturated rings. The van der Waals surface area contributed by atoms with Crippen LogP contribution in [0.15, 0.2) is 47.3 Å². The van der Waals surface area contributed by atoms with Gasteiger partial charge in [0.05, 0.1) is 17.5 Å². The van der Waals surface area contributed by atoms with Gasteiger partial charge in [-0.05, 0) is 47.2 Å². The third-order valence-corrected chi connectivity index (χ3v) is 5.92. The van der Waals surface area contributed by atoms with Crippen LogP contribution in [-0.4, -0.2) is 50.0 Å². The normalized spacial score (nSPS) is 18.9. The van der Waals surface area contributed by atoms with Crippen LogP contribution in [-0.2, 0) is 0 Å². The summed E-state index contributed by atoms with van der Waals surface area (Å²) in [5.41, 5.74) is 0.702. The van der Waals surface area contributed by atoms with Crippen molar-refractivity contribution in [3.05, 3.63) is 52.8 Å². The van der Waals surface area contributed by atoms with E-state index in [2.05, 4.69) is 15.0 Å². The highest BCUT2D eigenvalue weighted by Gasteiger charge is 2.46. The summed E-state index contributed by atoms with van der Waals surface area (Å²) >= 11 is 0. The lowest BCUT2D eigenvalue weighted by Crippen LogP contribution is -2.47. The number of amides is 1. The fraction of sp³-hybridized carbons (Fsp3) is 0.391. The molecule has 1 N–H and O–H groups in total. The topological polar surface area (TPSA) is 97.5 Å². The lowest BCUT2D eigenvalue weighted by Gasteiger charge is -2.36. The highest BCUT2D eigenvalue weighted by molar-refractivity contribution is 5.83. The zero-order valence-electron chi connectivity index (χ0n) is 18.7. The van der Waals surface area contributed by atoms with Crippen LogP contribution in [0.4, 0.5) is 18.0 Å². The Morgan fingerprint density at radius 3 is 2.32 bits per heavy atom. The second-order valence-electron chi connectivity index (χ2n) is 9.29. The van der Waals surface area contributed by atoms with Crippen LogP contribution in [0.3, 0.4) is 0 Å². The molecule has 8 nitrogen and oxygen atoms in total. The first-order valence-electron chi connectivity index (χ1n) is 10.6. The highest BCUT2D eigenvalue weighted by Crippen LogP contribution is 2.39. The summed E-state index contributed by atoms with van der Waals surface area (Å²) in [4.78, 5) is 26.5. The summed E-state index contributed by atoms with van der Waals surface area (Å²) in [7, 11) is 0. The molecule has 11 heteroatoms. The molecule has 2 heterocycles. The Bertz CT molecular complexity index is 1280. The Labute approximate surface area is 192 Å². The maximum atomic E-state index is 13.4. The van der Waals surface area contributed by atoms with E-state index in [0.717, 1.165) is 0 Å². The molecule has 2 unspecified atom stereocenters. The molecule has 34 heavy (non-hydrogen) atoms. The van der Waals surface area contributed by atoms with Crippen molar-refractivity contribution in [3.63, 3.8) is 0 Å². The Kier molecular flexibility index (Phi) is 5.74. The molecule has 3 aromatic rings. The number of hydrogen-bond donors (Lipinski definition) is 1. The first-order valence-corrected chi connectivity index (χ1v) is 10.6. The molecule has 2 aromatic carbocycles. The van der Waals surface area contributed by atoms with Gasteiger partial charge in [0.25, 0.3) is 5.56 Å². The Morgan fingerprint density at radius 1 is 1.09 bits per heavy atom. The van der Waals surface area contributed by atoms with Gasteiger partial charge in [0.15, 0.2) is 0 Å². The van der Waals surface area contributed by atoms with Crippen LogP contribution >= 0.6 is 0 Å². The van der Waals surface area contributed by atoms with Crippen molar-refractivity contribution in [2.24, 2.45) is 5.41 Å². The van der Waals surface area contributed by atoms with Crippen molar-refractivity contribution in [1.29, 1.82) is 0 Å². The van der Waals surface area contributed by atoms with E-state index in [9.17, 15) is 27.9 Å². The van der Waals surface area contributed by atoms with Gasteiger partial charge >= 0.3 is 12.5 Å². The fourth-order valence-corrected chi connectivity index (χ4v) is 4.59. The number of halogens is 3. The Morgan fingerprint density at radius 2 is 1.74 bits per heavy atom. The van der Waals surface area contributed by atoms with Crippen LogP contribution in [0, 0.1) is 5.41 Å². The number of carboxylic acid groups (broad SMARTS) is 1. The maximum Gasteiger partial charge on any atom is 0.573 e. The molecule has 1 saturated heterocycles. The number of rotatable bonds is 3. The van der Waals surface area contributed by atoms with E-state index in [1.54, 1.807) is 18.2 Å². The molecule has 0 saturated carbocycles. The predicted molar refractivity (Wildman–Crippen MR) is 118 cm³/mol. The van der Waals surface area contributed by atoms with E-state index in [0.29, 0.717) is 23.1 Å². The lowest BCUT2D eigenvalue weighted by molar-refractivity contribution is -0.274. The predicted octanol–water partition coefficient (Wildman–Crippen LogP) is 4.70. The number of carbonyl (C=O) groups is 1. The number of nitrogens with zero attached hydrogens (tertiary/aromatic N) is 4. The summed E-state index contributed by atoms with van der Waals surface area (Å²) in [5, 5.41) is 18.2. The third kappa shape index (κ3) is 4.55. The van der Waals surface area contributed by atoms with E-state index < -0.39 is 35.5 Å². The summed E-state index contributed by atoms with van der Waals surface area (Å²) < 4.78 is 42.4. The number of benzene rings is 2.